The zero-order chi connectivity index (χ0) is 31.5. The standard InChI is InChI=1S/C29H39N5O8S/c1-5-6-11-23(25(35)26-31-22-12-7-8-13-24(22)42-26)32-27(36)29(43(4,38)39,19-21-10-9-14-30-20-21)33-28(37)34(15-17-40-2)16-18-41-3/h7-10,12-14,20,23H,5-6,11,15-19H2,1-4H3,(H,32,36)(H,33,37)/t23?,29-/m1/s1. The predicted octanol–water partition coefficient (Wildman–Crippen LogP) is 2.37. The van der Waals surface area contributed by atoms with Crippen LogP contribution in [0.5, 0.6) is 0 Å². The quantitative estimate of drug-likeness (QED) is 0.214. The van der Waals surface area contributed by atoms with Crippen LogP contribution in [-0.4, -0.2) is 98.7 Å². The third kappa shape index (κ3) is 8.58. The number of fused-ring (bicyclic) bond motifs is 1. The van der Waals surface area contributed by atoms with Gasteiger partial charge >= 0.3 is 6.03 Å². The number of pyridine rings is 1. The van der Waals surface area contributed by atoms with Crippen molar-refractivity contribution in [2.75, 3.05) is 46.8 Å². The van der Waals surface area contributed by atoms with Crippen molar-refractivity contribution in [3.8, 4) is 0 Å². The number of benzene rings is 1. The van der Waals surface area contributed by atoms with Crippen LogP contribution in [0.3, 0.4) is 0 Å². The summed E-state index contributed by atoms with van der Waals surface area (Å²) in [7, 11) is -1.45. The fourth-order valence-electron chi connectivity index (χ4n) is 4.41. The normalized spacial score (nSPS) is 13.7. The molecular weight excluding hydrogens is 578 g/mol. The van der Waals surface area contributed by atoms with Gasteiger partial charge in [0, 0.05) is 52.4 Å². The molecule has 3 rings (SSSR count). The lowest BCUT2D eigenvalue weighted by Crippen LogP contribution is -2.67. The van der Waals surface area contributed by atoms with Crippen molar-refractivity contribution in [1.29, 1.82) is 0 Å². The van der Waals surface area contributed by atoms with Crippen molar-refractivity contribution in [2.24, 2.45) is 0 Å². The number of ketones is 1. The summed E-state index contributed by atoms with van der Waals surface area (Å²) >= 11 is 0. The minimum atomic E-state index is -4.38. The maximum Gasteiger partial charge on any atom is 0.319 e. The van der Waals surface area contributed by atoms with Gasteiger partial charge in [0.15, 0.2) is 15.4 Å². The van der Waals surface area contributed by atoms with Crippen molar-refractivity contribution in [2.45, 2.75) is 43.5 Å². The molecule has 2 atom stereocenters. The van der Waals surface area contributed by atoms with Crippen molar-refractivity contribution in [1.82, 2.24) is 25.5 Å². The SMILES string of the molecule is CCCCC(NC(=O)[C@](Cc1cccnc1)(NC(=O)N(CCOC)CCOC)S(C)(=O)=O)C(=O)c1nc2ccccc2o1. The zero-order valence-electron chi connectivity index (χ0n) is 24.9. The van der Waals surface area contributed by atoms with E-state index < -0.39 is 44.9 Å². The van der Waals surface area contributed by atoms with Gasteiger partial charge in [0.05, 0.1) is 19.3 Å². The van der Waals surface area contributed by atoms with E-state index in [9.17, 15) is 22.8 Å². The van der Waals surface area contributed by atoms with E-state index in [-0.39, 0.29) is 38.6 Å². The number of amides is 3. The number of nitrogens with one attached hydrogen (secondary N) is 2. The van der Waals surface area contributed by atoms with Gasteiger partial charge in [-0.2, -0.15) is 0 Å². The van der Waals surface area contributed by atoms with E-state index in [0.717, 1.165) is 6.26 Å². The number of methoxy groups -OCH3 is 2. The molecule has 13 nitrogen and oxygen atoms in total. The van der Waals surface area contributed by atoms with Crippen molar-refractivity contribution in [3.05, 3.63) is 60.2 Å². The second-order valence-electron chi connectivity index (χ2n) is 10.1. The number of aromatic nitrogens is 2. The minimum absolute atomic E-state index is 0.107. The molecule has 43 heavy (non-hydrogen) atoms. The molecule has 2 heterocycles. The molecule has 0 saturated carbocycles. The van der Waals surface area contributed by atoms with Crippen LogP contribution in [0.1, 0.15) is 42.4 Å². The first kappa shape index (κ1) is 33.6. The molecule has 1 aromatic carbocycles. The van der Waals surface area contributed by atoms with Crippen LogP contribution in [0.4, 0.5) is 4.79 Å². The minimum Gasteiger partial charge on any atom is -0.434 e. The average Bonchev–Trinajstić information content (AvgIpc) is 3.43. The van der Waals surface area contributed by atoms with Gasteiger partial charge in [0.2, 0.25) is 10.7 Å². The highest BCUT2D eigenvalue weighted by atomic mass is 32.2. The van der Waals surface area contributed by atoms with Gasteiger partial charge < -0.3 is 29.4 Å². The highest BCUT2D eigenvalue weighted by molar-refractivity contribution is 7.92. The molecule has 0 radical (unpaired) electrons. The summed E-state index contributed by atoms with van der Waals surface area (Å²) in [6, 6.07) is 8.02. The Labute approximate surface area is 251 Å². The number of carbonyl (C=O) groups is 3. The smallest absolute Gasteiger partial charge is 0.319 e. The topological polar surface area (TPSA) is 170 Å². The number of rotatable bonds is 17. The van der Waals surface area contributed by atoms with E-state index in [0.29, 0.717) is 29.5 Å². The molecule has 1 unspecified atom stereocenters. The monoisotopic (exact) mass is 617 g/mol. The lowest BCUT2D eigenvalue weighted by atomic mass is 10.0. The molecule has 0 aliphatic carbocycles. The fraction of sp³-hybridized carbons (Fsp3) is 0.483. The Morgan fingerprint density at radius 1 is 1.07 bits per heavy atom. The van der Waals surface area contributed by atoms with E-state index in [1.54, 1.807) is 36.4 Å². The van der Waals surface area contributed by atoms with Gasteiger partial charge in [-0.15, -0.1) is 0 Å². The first-order valence-electron chi connectivity index (χ1n) is 13.9. The third-order valence-corrected chi connectivity index (χ3v) is 8.57. The van der Waals surface area contributed by atoms with Crippen LogP contribution in [-0.2, 0) is 30.5 Å². The second kappa shape index (κ2) is 15.5. The summed E-state index contributed by atoms with van der Waals surface area (Å²) in [5.74, 6) is -1.90. The largest absolute Gasteiger partial charge is 0.434 e. The van der Waals surface area contributed by atoms with E-state index in [2.05, 4.69) is 20.6 Å². The number of hydrogen-bond acceptors (Lipinski definition) is 10. The molecule has 0 aliphatic rings. The van der Waals surface area contributed by atoms with Gasteiger partial charge in [-0.3, -0.25) is 14.6 Å². The van der Waals surface area contributed by atoms with E-state index in [4.69, 9.17) is 13.9 Å². The first-order valence-corrected chi connectivity index (χ1v) is 15.8. The number of oxazole rings is 1. The summed E-state index contributed by atoms with van der Waals surface area (Å²) < 4.78 is 43.0. The maximum absolute atomic E-state index is 14.2. The molecule has 234 valence electrons. The van der Waals surface area contributed by atoms with Crippen LogP contribution in [0.15, 0.2) is 53.2 Å². The summed E-state index contributed by atoms with van der Waals surface area (Å²) in [5, 5.41) is 5.12. The fourth-order valence-corrected chi connectivity index (χ4v) is 5.51. The number of unbranched alkanes of at least 4 members (excludes halogenated alkanes) is 1. The molecule has 3 aromatic rings. The molecular formula is C29H39N5O8S. The van der Waals surface area contributed by atoms with Gasteiger partial charge in [0.25, 0.3) is 11.8 Å². The predicted molar refractivity (Wildman–Crippen MR) is 159 cm³/mol. The number of urea groups is 1. The highest BCUT2D eigenvalue weighted by Crippen LogP contribution is 2.23. The van der Waals surface area contributed by atoms with Crippen LogP contribution >= 0.6 is 0 Å². The number of nitrogens with zero attached hydrogens (tertiary/aromatic N) is 3. The molecule has 0 fully saturated rings. The van der Waals surface area contributed by atoms with E-state index in [1.807, 2.05) is 6.92 Å². The van der Waals surface area contributed by atoms with Gasteiger partial charge in [0.1, 0.15) is 5.52 Å². The average molecular weight is 618 g/mol. The molecule has 0 spiro atoms. The zero-order valence-corrected chi connectivity index (χ0v) is 25.7. The van der Waals surface area contributed by atoms with Gasteiger partial charge in [-0.1, -0.05) is 38.0 Å². The number of sulfone groups is 1. The van der Waals surface area contributed by atoms with Crippen molar-refractivity contribution < 1.29 is 36.7 Å². The Bertz CT molecular complexity index is 1440. The molecule has 14 heteroatoms. The van der Waals surface area contributed by atoms with Gasteiger partial charge in [-0.25, -0.2) is 18.2 Å². The lowest BCUT2D eigenvalue weighted by molar-refractivity contribution is -0.124. The second-order valence-corrected chi connectivity index (χ2v) is 12.3. The summed E-state index contributed by atoms with van der Waals surface area (Å²) in [6.07, 6.45) is 4.75. The number of Topliss-reactive ketones (excluding diaryl/α,β-unsaturated/α-hetero) is 1. The molecule has 2 N–H and O–H groups in total. The van der Waals surface area contributed by atoms with Crippen molar-refractivity contribution in [3.63, 3.8) is 0 Å². The maximum atomic E-state index is 14.2. The Morgan fingerprint density at radius 3 is 2.35 bits per heavy atom. The molecule has 0 aliphatic heterocycles. The first-order chi connectivity index (χ1) is 20.6. The van der Waals surface area contributed by atoms with E-state index in [1.165, 1.54) is 31.5 Å². The molecule has 0 saturated heterocycles. The summed E-state index contributed by atoms with van der Waals surface area (Å²) in [4.78, 5) is 48.5. The number of hydrogen-bond donors (Lipinski definition) is 2. The molecule has 3 amide bonds. The van der Waals surface area contributed by atoms with Crippen LogP contribution in [0.25, 0.3) is 11.1 Å². The van der Waals surface area contributed by atoms with Crippen LogP contribution in [0.2, 0.25) is 0 Å². The molecule has 0 bridgehead atoms. The Kier molecular flexibility index (Phi) is 12.2. The highest BCUT2D eigenvalue weighted by Gasteiger charge is 2.51. The third-order valence-electron chi connectivity index (χ3n) is 6.88. The number of carbonyl (C=O) groups excluding carboxylic acids is 3. The Hall–Kier alpha value is -3.88. The number of para-hydroxylation sites is 2. The Morgan fingerprint density at radius 2 is 1.77 bits per heavy atom. The lowest BCUT2D eigenvalue weighted by Gasteiger charge is -2.35. The van der Waals surface area contributed by atoms with Crippen LogP contribution in [0, 0.1) is 0 Å². The van der Waals surface area contributed by atoms with E-state index >= 15 is 0 Å². The number of ether oxygens (including phenoxy) is 2. The van der Waals surface area contributed by atoms with Gasteiger partial charge in [-0.05, 0) is 30.2 Å². The Balaban J connectivity index is 2.04. The van der Waals surface area contributed by atoms with Crippen molar-refractivity contribution >= 4 is 38.7 Å². The molecule has 2 aromatic heterocycles. The summed E-state index contributed by atoms with van der Waals surface area (Å²) in [6.45, 7) is 2.46. The van der Waals surface area contributed by atoms with Crippen LogP contribution < -0.4 is 10.6 Å². The summed E-state index contributed by atoms with van der Waals surface area (Å²) in [5.41, 5.74) is 1.24.